The van der Waals surface area contributed by atoms with E-state index >= 15 is 0 Å². The molecule has 0 radical (unpaired) electrons. The second-order valence-electron chi connectivity index (χ2n) is 5.39. The van der Waals surface area contributed by atoms with Crippen LogP contribution in [0.2, 0.25) is 0 Å². The standard InChI is InChI=1S/C14H20N4S/c1-3-5-14(6-7-14)9-16-11-10-4-8-19-12(10)18-13(15-2)17-11/h4,8H,3,5-7,9H2,1-2H3,(H2,15,16,17,18). The highest BCUT2D eigenvalue weighted by Gasteiger charge is 2.41. The molecule has 102 valence electrons. The van der Waals surface area contributed by atoms with Crippen molar-refractivity contribution in [2.75, 3.05) is 24.2 Å². The third-order valence-corrected chi connectivity index (χ3v) is 4.72. The largest absolute Gasteiger partial charge is 0.369 e. The van der Waals surface area contributed by atoms with Gasteiger partial charge in [0.2, 0.25) is 5.95 Å². The van der Waals surface area contributed by atoms with Crippen LogP contribution in [0.3, 0.4) is 0 Å². The van der Waals surface area contributed by atoms with Crippen molar-refractivity contribution in [3.05, 3.63) is 11.4 Å². The molecule has 2 aromatic heterocycles. The van der Waals surface area contributed by atoms with Crippen molar-refractivity contribution in [3.8, 4) is 0 Å². The first kappa shape index (κ1) is 12.7. The van der Waals surface area contributed by atoms with Gasteiger partial charge in [-0.05, 0) is 36.1 Å². The van der Waals surface area contributed by atoms with Gasteiger partial charge in [-0.2, -0.15) is 4.98 Å². The summed E-state index contributed by atoms with van der Waals surface area (Å²) < 4.78 is 0. The van der Waals surface area contributed by atoms with Crippen LogP contribution < -0.4 is 10.6 Å². The Balaban J connectivity index is 1.81. The van der Waals surface area contributed by atoms with Gasteiger partial charge in [-0.25, -0.2) is 4.98 Å². The molecule has 0 bridgehead atoms. The molecule has 1 aliphatic carbocycles. The van der Waals surface area contributed by atoms with Gasteiger partial charge in [-0.3, -0.25) is 0 Å². The highest BCUT2D eigenvalue weighted by Crippen LogP contribution is 2.49. The number of fused-ring (bicyclic) bond motifs is 1. The summed E-state index contributed by atoms with van der Waals surface area (Å²) >= 11 is 1.66. The summed E-state index contributed by atoms with van der Waals surface area (Å²) in [6, 6.07) is 2.10. The topological polar surface area (TPSA) is 49.8 Å². The number of anilines is 2. The van der Waals surface area contributed by atoms with E-state index in [-0.39, 0.29) is 0 Å². The maximum atomic E-state index is 4.56. The fourth-order valence-corrected chi connectivity index (χ4v) is 3.36. The first-order valence-electron chi connectivity index (χ1n) is 6.93. The first-order chi connectivity index (χ1) is 9.26. The Labute approximate surface area is 117 Å². The molecule has 0 aromatic carbocycles. The van der Waals surface area contributed by atoms with Crippen LogP contribution in [-0.4, -0.2) is 23.6 Å². The lowest BCUT2D eigenvalue weighted by Gasteiger charge is -2.16. The summed E-state index contributed by atoms with van der Waals surface area (Å²) in [6.45, 7) is 3.30. The SMILES string of the molecule is CCCC1(CNc2nc(NC)nc3sccc23)CC1. The second kappa shape index (κ2) is 4.96. The van der Waals surface area contributed by atoms with Crippen molar-refractivity contribution in [2.45, 2.75) is 32.6 Å². The Morgan fingerprint density at radius 1 is 1.37 bits per heavy atom. The molecule has 0 atom stereocenters. The molecule has 0 saturated heterocycles. The van der Waals surface area contributed by atoms with E-state index in [0.717, 1.165) is 22.6 Å². The molecular weight excluding hydrogens is 256 g/mol. The second-order valence-corrected chi connectivity index (χ2v) is 6.28. The quantitative estimate of drug-likeness (QED) is 0.844. The Bertz CT molecular complexity index is 574. The van der Waals surface area contributed by atoms with Gasteiger partial charge < -0.3 is 10.6 Å². The van der Waals surface area contributed by atoms with E-state index in [4.69, 9.17) is 0 Å². The van der Waals surface area contributed by atoms with Crippen LogP contribution in [0.4, 0.5) is 11.8 Å². The van der Waals surface area contributed by atoms with Crippen molar-refractivity contribution < 1.29 is 0 Å². The van der Waals surface area contributed by atoms with Crippen LogP contribution in [0.25, 0.3) is 10.2 Å². The van der Waals surface area contributed by atoms with Crippen LogP contribution in [0, 0.1) is 5.41 Å². The van der Waals surface area contributed by atoms with E-state index in [1.807, 2.05) is 7.05 Å². The molecule has 2 N–H and O–H groups in total. The lowest BCUT2D eigenvalue weighted by molar-refractivity contribution is 0.485. The van der Waals surface area contributed by atoms with Crippen molar-refractivity contribution in [1.82, 2.24) is 9.97 Å². The molecule has 2 heterocycles. The maximum Gasteiger partial charge on any atom is 0.225 e. The summed E-state index contributed by atoms with van der Waals surface area (Å²) in [5, 5.41) is 9.79. The molecule has 4 nitrogen and oxygen atoms in total. The van der Waals surface area contributed by atoms with E-state index in [1.54, 1.807) is 11.3 Å². The molecule has 1 saturated carbocycles. The normalized spacial score (nSPS) is 16.5. The average Bonchev–Trinajstić information content (AvgIpc) is 3.02. The van der Waals surface area contributed by atoms with E-state index in [0.29, 0.717) is 11.4 Å². The highest BCUT2D eigenvalue weighted by molar-refractivity contribution is 7.16. The van der Waals surface area contributed by atoms with Gasteiger partial charge in [0.05, 0.1) is 5.39 Å². The maximum absolute atomic E-state index is 4.56. The molecule has 0 unspecified atom stereocenters. The number of hydrogen-bond donors (Lipinski definition) is 2. The summed E-state index contributed by atoms with van der Waals surface area (Å²) in [7, 11) is 1.86. The molecule has 3 rings (SSSR count). The zero-order valence-electron chi connectivity index (χ0n) is 11.5. The lowest BCUT2D eigenvalue weighted by atomic mass is 10.0. The van der Waals surface area contributed by atoms with Crippen LogP contribution >= 0.6 is 11.3 Å². The lowest BCUT2D eigenvalue weighted by Crippen LogP contribution is -2.16. The molecule has 19 heavy (non-hydrogen) atoms. The fourth-order valence-electron chi connectivity index (χ4n) is 2.60. The number of rotatable bonds is 6. The zero-order chi connectivity index (χ0) is 13.3. The average molecular weight is 276 g/mol. The third-order valence-electron chi connectivity index (χ3n) is 3.92. The third kappa shape index (κ3) is 2.52. The molecule has 1 fully saturated rings. The van der Waals surface area contributed by atoms with Gasteiger partial charge in [0.25, 0.3) is 0 Å². The monoisotopic (exact) mass is 276 g/mol. The van der Waals surface area contributed by atoms with Crippen molar-refractivity contribution >= 4 is 33.3 Å². The molecular formula is C14H20N4S. The number of nitrogens with one attached hydrogen (secondary N) is 2. The number of nitrogens with zero attached hydrogens (tertiary/aromatic N) is 2. The smallest absolute Gasteiger partial charge is 0.225 e. The molecule has 0 aliphatic heterocycles. The van der Waals surface area contributed by atoms with Gasteiger partial charge in [-0.1, -0.05) is 13.3 Å². The van der Waals surface area contributed by atoms with Crippen molar-refractivity contribution in [2.24, 2.45) is 5.41 Å². The Hall–Kier alpha value is -1.36. The van der Waals surface area contributed by atoms with E-state index in [2.05, 4.69) is 39.0 Å². The van der Waals surface area contributed by atoms with Gasteiger partial charge in [0.1, 0.15) is 10.6 Å². The summed E-state index contributed by atoms with van der Waals surface area (Å²) in [5.41, 5.74) is 0.530. The summed E-state index contributed by atoms with van der Waals surface area (Å²) in [6.07, 6.45) is 5.28. The Morgan fingerprint density at radius 3 is 2.89 bits per heavy atom. The highest BCUT2D eigenvalue weighted by atomic mass is 32.1. The van der Waals surface area contributed by atoms with Crippen molar-refractivity contribution in [3.63, 3.8) is 0 Å². The van der Waals surface area contributed by atoms with Crippen LogP contribution in [-0.2, 0) is 0 Å². The Morgan fingerprint density at radius 2 is 2.21 bits per heavy atom. The Kier molecular flexibility index (Phi) is 3.31. The van der Waals surface area contributed by atoms with Gasteiger partial charge >= 0.3 is 0 Å². The van der Waals surface area contributed by atoms with Crippen molar-refractivity contribution in [1.29, 1.82) is 0 Å². The van der Waals surface area contributed by atoms with Gasteiger partial charge in [0, 0.05) is 13.6 Å². The first-order valence-corrected chi connectivity index (χ1v) is 7.81. The van der Waals surface area contributed by atoms with Gasteiger partial charge in [0.15, 0.2) is 0 Å². The number of hydrogen-bond acceptors (Lipinski definition) is 5. The van der Waals surface area contributed by atoms with Crippen LogP contribution in [0.1, 0.15) is 32.6 Å². The number of aromatic nitrogens is 2. The molecule has 5 heteroatoms. The summed E-state index contributed by atoms with van der Waals surface area (Å²) in [5.74, 6) is 1.66. The summed E-state index contributed by atoms with van der Waals surface area (Å²) in [4.78, 5) is 10.1. The molecule has 0 amide bonds. The fraction of sp³-hybridized carbons (Fsp3) is 0.571. The minimum atomic E-state index is 0.530. The minimum absolute atomic E-state index is 0.530. The molecule has 0 spiro atoms. The molecule has 1 aliphatic rings. The van der Waals surface area contributed by atoms with Gasteiger partial charge in [-0.15, -0.1) is 11.3 Å². The van der Waals surface area contributed by atoms with E-state index in [9.17, 15) is 0 Å². The predicted molar refractivity (Wildman–Crippen MR) is 82.0 cm³/mol. The van der Waals surface area contributed by atoms with E-state index < -0.39 is 0 Å². The van der Waals surface area contributed by atoms with Crippen LogP contribution in [0.15, 0.2) is 11.4 Å². The number of thiophene rings is 1. The van der Waals surface area contributed by atoms with Crippen LogP contribution in [0.5, 0.6) is 0 Å². The predicted octanol–water partition coefficient (Wildman–Crippen LogP) is 3.73. The molecule has 2 aromatic rings. The minimum Gasteiger partial charge on any atom is -0.369 e. The zero-order valence-corrected chi connectivity index (χ0v) is 12.3. The van der Waals surface area contributed by atoms with E-state index in [1.165, 1.54) is 25.7 Å².